The molecule has 147 valence electrons. The van der Waals surface area contributed by atoms with Crippen LogP contribution in [0.5, 0.6) is 0 Å². The summed E-state index contributed by atoms with van der Waals surface area (Å²) in [5.74, 6) is -0.950. The third kappa shape index (κ3) is 2.85. The number of aromatic nitrogens is 1. The molecule has 4 nitrogen and oxygen atoms in total. The Bertz CT molecular complexity index is 1420. The van der Waals surface area contributed by atoms with Crippen molar-refractivity contribution in [1.82, 2.24) is 4.57 Å². The number of rotatable bonds is 4. The Morgan fingerprint density at radius 3 is 2.70 bits per heavy atom. The molecule has 2 aromatic heterocycles. The van der Waals surface area contributed by atoms with Crippen LogP contribution in [-0.4, -0.2) is 10.5 Å². The monoisotopic (exact) mass is 401 g/mol. The highest BCUT2D eigenvalue weighted by Gasteiger charge is 2.18. The van der Waals surface area contributed by atoms with E-state index in [-0.39, 0.29) is 12.1 Å². The SMILES string of the molecule is NC(=O)c1cccc2c1c1[c]cc(-c3ccco3)cc1n2Cc1cc(F)ccc1F. The number of halogens is 2. The molecule has 1 radical (unpaired) electrons. The number of nitrogens with two attached hydrogens (primary N) is 1. The summed E-state index contributed by atoms with van der Waals surface area (Å²) in [5, 5.41) is 1.30. The molecule has 30 heavy (non-hydrogen) atoms. The first-order chi connectivity index (χ1) is 14.5. The molecule has 5 aromatic rings. The van der Waals surface area contributed by atoms with Crippen molar-refractivity contribution in [3.63, 3.8) is 0 Å². The quantitative estimate of drug-likeness (QED) is 0.445. The number of hydrogen-bond acceptors (Lipinski definition) is 2. The molecule has 0 spiro atoms. The fourth-order valence-corrected chi connectivity index (χ4v) is 3.85. The van der Waals surface area contributed by atoms with Gasteiger partial charge in [-0.3, -0.25) is 4.79 Å². The summed E-state index contributed by atoms with van der Waals surface area (Å²) >= 11 is 0. The van der Waals surface area contributed by atoms with E-state index in [2.05, 4.69) is 6.07 Å². The van der Waals surface area contributed by atoms with Crippen LogP contribution in [0.4, 0.5) is 8.78 Å². The van der Waals surface area contributed by atoms with Gasteiger partial charge in [0.25, 0.3) is 0 Å². The van der Waals surface area contributed by atoms with E-state index in [0.717, 1.165) is 17.7 Å². The topological polar surface area (TPSA) is 61.2 Å². The number of furan rings is 1. The van der Waals surface area contributed by atoms with Gasteiger partial charge in [0.1, 0.15) is 17.4 Å². The maximum Gasteiger partial charge on any atom is 0.249 e. The highest BCUT2D eigenvalue weighted by Crippen LogP contribution is 2.35. The number of primary amides is 1. The largest absolute Gasteiger partial charge is 0.464 e. The number of hydrogen-bond donors (Lipinski definition) is 1. The number of nitrogens with zero attached hydrogens (tertiary/aromatic N) is 1. The number of carbonyl (C=O) groups is 1. The molecule has 0 aliphatic rings. The van der Waals surface area contributed by atoms with Gasteiger partial charge in [0, 0.05) is 27.5 Å². The molecule has 0 bridgehead atoms. The van der Waals surface area contributed by atoms with Crippen LogP contribution in [0.1, 0.15) is 15.9 Å². The van der Waals surface area contributed by atoms with Crippen LogP contribution < -0.4 is 5.73 Å². The summed E-state index contributed by atoms with van der Waals surface area (Å²) in [6, 6.07) is 19.0. The number of amides is 1. The van der Waals surface area contributed by atoms with E-state index in [9.17, 15) is 13.6 Å². The van der Waals surface area contributed by atoms with Gasteiger partial charge >= 0.3 is 0 Å². The van der Waals surface area contributed by atoms with Gasteiger partial charge < -0.3 is 14.7 Å². The van der Waals surface area contributed by atoms with Crippen LogP contribution >= 0.6 is 0 Å². The second kappa shape index (κ2) is 6.84. The third-order valence-corrected chi connectivity index (χ3v) is 5.20. The summed E-state index contributed by atoms with van der Waals surface area (Å²) in [7, 11) is 0. The zero-order chi connectivity index (χ0) is 20.8. The molecule has 0 atom stereocenters. The fourth-order valence-electron chi connectivity index (χ4n) is 3.85. The first-order valence-corrected chi connectivity index (χ1v) is 9.27. The average Bonchev–Trinajstić information content (AvgIpc) is 3.37. The molecular formula is C24H15F2N2O2. The van der Waals surface area contributed by atoms with Crippen LogP contribution in [0.15, 0.2) is 71.3 Å². The molecule has 0 fully saturated rings. The molecule has 0 saturated heterocycles. The predicted octanol–water partition coefficient (Wildman–Crippen LogP) is 5.28. The maximum atomic E-state index is 14.4. The average molecular weight is 401 g/mol. The molecule has 2 heterocycles. The maximum absolute atomic E-state index is 14.4. The molecule has 0 aliphatic carbocycles. The zero-order valence-corrected chi connectivity index (χ0v) is 15.7. The Morgan fingerprint density at radius 2 is 1.93 bits per heavy atom. The Balaban J connectivity index is 1.83. The molecule has 1 amide bonds. The predicted molar refractivity (Wildman–Crippen MR) is 110 cm³/mol. The van der Waals surface area contributed by atoms with Crippen molar-refractivity contribution in [3.8, 4) is 11.3 Å². The van der Waals surface area contributed by atoms with Crippen molar-refractivity contribution in [2.45, 2.75) is 6.54 Å². The number of carbonyl (C=O) groups excluding carboxylic acids is 1. The first-order valence-electron chi connectivity index (χ1n) is 9.27. The molecule has 6 heteroatoms. The van der Waals surface area contributed by atoms with Gasteiger partial charge in [0.15, 0.2) is 0 Å². The minimum atomic E-state index is -0.569. The Kier molecular flexibility index (Phi) is 4.13. The van der Waals surface area contributed by atoms with E-state index in [4.69, 9.17) is 10.2 Å². The molecule has 2 N–H and O–H groups in total. The minimum Gasteiger partial charge on any atom is -0.464 e. The van der Waals surface area contributed by atoms with Crippen LogP contribution in [0.3, 0.4) is 0 Å². The van der Waals surface area contributed by atoms with Crippen molar-refractivity contribution < 1.29 is 18.0 Å². The van der Waals surface area contributed by atoms with Gasteiger partial charge in [-0.15, -0.1) is 0 Å². The summed E-state index contributed by atoms with van der Waals surface area (Å²) < 4.78 is 35.5. The van der Waals surface area contributed by atoms with Gasteiger partial charge in [0.05, 0.1) is 23.8 Å². The van der Waals surface area contributed by atoms with Gasteiger partial charge in [-0.2, -0.15) is 0 Å². The van der Waals surface area contributed by atoms with Crippen molar-refractivity contribution in [2.24, 2.45) is 5.73 Å². The standard InChI is InChI=1S/C24H15F2N2O2/c25-16-7-9-19(26)15(11-16)13-28-20-4-1-3-18(24(27)29)23(20)17-8-6-14(12-21(17)28)22-5-2-10-30-22/h1-7,9-12H,13H2,(H2,27,29). The molecule has 5 rings (SSSR count). The summed E-state index contributed by atoms with van der Waals surface area (Å²) in [4.78, 5) is 12.1. The Morgan fingerprint density at radius 1 is 1.07 bits per heavy atom. The number of benzene rings is 3. The molecule has 0 saturated carbocycles. The van der Waals surface area contributed by atoms with E-state index in [1.165, 1.54) is 6.07 Å². The lowest BCUT2D eigenvalue weighted by Gasteiger charge is -2.10. The molecule has 0 aliphatic heterocycles. The van der Waals surface area contributed by atoms with Gasteiger partial charge in [0.2, 0.25) is 5.91 Å². The summed E-state index contributed by atoms with van der Waals surface area (Å²) in [6.07, 6.45) is 1.57. The van der Waals surface area contributed by atoms with Crippen molar-refractivity contribution in [3.05, 3.63) is 95.8 Å². The fraction of sp³-hybridized carbons (Fsp3) is 0.0417. The molecule has 3 aromatic carbocycles. The normalized spacial score (nSPS) is 11.4. The highest BCUT2D eigenvalue weighted by molar-refractivity contribution is 6.18. The van der Waals surface area contributed by atoms with Crippen LogP contribution in [-0.2, 0) is 6.54 Å². The Hall–Kier alpha value is -3.93. The lowest BCUT2D eigenvalue weighted by Crippen LogP contribution is -2.11. The second-order valence-corrected chi connectivity index (χ2v) is 7.01. The van der Waals surface area contributed by atoms with E-state index in [0.29, 0.717) is 33.1 Å². The summed E-state index contributed by atoms with van der Waals surface area (Å²) in [6.45, 7) is 0.0707. The van der Waals surface area contributed by atoms with Crippen molar-refractivity contribution in [1.29, 1.82) is 0 Å². The lowest BCUT2D eigenvalue weighted by atomic mass is 10.0. The van der Waals surface area contributed by atoms with Crippen LogP contribution in [0, 0.1) is 17.7 Å². The van der Waals surface area contributed by atoms with E-state index < -0.39 is 17.5 Å². The Labute approximate surface area is 170 Å². The molecule has 0 unspecified atom stereocenters. The van der Waals surface area contributed by atoms with E-state index >= 15 is 0 Å². The van der Waals surface area contributed by atoms with E-state index in [1.807, 2.05) is 22.8 Å². The third-order valence-electron chi connectivity index (χ3n) is 5.20. The van der Waals surface area contributed by atoms with Gasteiger partial charge in [-0.05, 0) is 60.7 Å². The highest BCUT2D eigenvalue weighted by atomic mass is 19.1. The number of fused-ring (bicyclic) bond motifs is 3. The second-order valence-electron chi connectivity index (χ2n) is 7.01. The first kappa shape index (κ1) is 18.1. The van der Waals surface area contributed by atoms with E-state index in [1.54, 1.807) is 30.5 Å². The van der Waals surface area contributed by atoms with Crippen LogP contribution in [0.25, 0.3) is 33.1 Å². The lowest BCUT2D eigenvalue weighted by molar-refractivity contribution is 0.100. The smallest absolute Gasteiger partial charge is 0.249 e. The van der Waals surface area contributed by atoms with Crippen molar-refractivity contribution >= 4 is 27.7 Å². The van der Waals surface area contributed by atoms with Crippen molar-refractivity contribution in [2.75, 3.05) is 0 Å². The molecular weight excluding hydrogens is 386 g/mol. The minimum absolute atomic E-state index is 0.0707. The zero-order valence-electron chi connectivity index (χ0n) is 15.7. The van der Waals surface area contributed by atoms with Crippen LogP contribution in [0.2, 0.25) is 0 Å². The van der Waals surface area contributed by atoms with Gasteiger partial charge in [-0.1, -0.05) is 6.07 Å². The van der Waals surface area contributed by atoms with Gasteiger partial charge in [-0.25, -0.2) is 8.78 Å². The summed E-state index contributed by atoms with van der Waals surface area (Å²) in [5.41, 5.74) is 8.30.